The first kappa shape index (κ1) is 19.6. The molecule has 0 amide bonds. The lowest BCUT2D eigenvalue weighted by molar-refractivity contribution is -0.143. The van der Waals surface area contributed by atoms with E-state index >= 15 is 0 Å². The number of hydrogen-bond donors (Lipinski definition) is 1. The number of nitrogens with one attached hydrogen (secondary N) is 1. The second kappa shape index (κ2) is 7.23. The van der Waals surface area contributed by atoms with Crippen LogP contribution in [0.25, 0.3) is 0 Å². The van der Waals surface area contributed by atoms with Gasteiger partial charge in [-0.05, 0) is 25.1 Å². The summed E-state index contributed by atoms with van der Waals surface area (Å²) < 4.78 is 76.6. The lowest BCUT2D eigenvalue weighted by atomic mass is 10.1. The van der Waals surface area contributed by atoms with Crippen LogP contribution in [0.4, 0.5) is 32.0 Å². The molecule has 0 aliphatic rings. The van der Waals surface area contributed by atoms with E-state index in [1.54, 1.807) is 24.3 Å². The van der Waals surface area contributed by atoms with Gasteiger partial charge in [-0.3, -0.25) is 4.79 Å². The minimum atomic E-state index is -4.93. The van der Waals surface area contributed by atoms with Crippen LogP contribution in [0.2, 0.25) is 0 Å². The van der Waals surface area contributed by atoms with E-state index in [9.17, 15) is 31.1 Å². The van der Waals surface area contributed by atoms with Crippen LogP contribution in [0.15, 0.2) is 54.7 Å². The SMILES string of the molecule is Cc1ccc(C(=O)C=CNc2cc(C(F)(F)F)cc(C(F)(F)F)c2)cc1. The van der Waals surface area contributed by atoms with Gasteiger partial charge in [0, 0.05) is 23.5 Å². The first-order valence-corrected chi connectivity index (χ1v) is 7.30. The Balaban J connectivity index is 2.23. The molecule has 0 heterocycles. The average molecular weight is 373 g/mol. The van der Waals surface area contributed by atoms with E-state index in [1.807, 2.05) is 6.92 Å². The van der Waals surface area contributed by atoms with Gasteiger partial charge in [-0.1, -0.05) is 29.8 Å². The van der Waals surface area contributed by atoms with Gasteiger partial charge in [0.15, 0.2) is 5.78 Å². The predicted octanol–water partition coefficient (Wildman–Crippen LogP) is 5.84. The summed E-state index contributed by atoms with van der Waals surface area (Å²) >= 11 is 0. The van der Waals surface area contributed by atoms with Crippen LogP contribution < -0.4 is 5.32 Å². The van der Waals surface area contributed by atoms with Crippen LogP contribution in [-0.4, -0.2) is 5.78 Å². The Kier molecular flexibility index (Phi) is 5.44. The van der Waals surface area contributed by atoms with E-state index in [2.05, 4.69) is 5.32 Å². The van der Waals surface area contributed by atoms with Gasteiger partial charge in [0.05, 0.1) is 11.1 Å². The van der Waals surface area contributed by atoms with Gasteiger partial charge in [-0.25, -0.2) is 0 Å². The van der Waals surface area contributed by atoms with Crippen molar-refractivity contribution in [3.05, 3.63) is 77.0 Å². The van der Waals surface area contributed by atoms with Crippen LogP contribution in [0, 0.1) is 6.92 Å². The van der Waals surface area contributed by atoms with Crippen LogP contribution in [0.5, 0.6) is 0 Å². The van der Waals surface area contributed by atoms with E-state index in [1.165, 1.54) is 0 Å². The van der Waals surface area contributed by atoms with Crippen molar-refractivity contribution in [1.29, 1.82) is 0 Å². The monoisotopic (exact) mass is 373 g/mol. The normalized spacial score (nSPS) is 12.4. The van der Waals surface area contributed by atoms with Crippen molar-refractivity contribution in [3.63, 3.8) is 0 Å². The zero-order valence-corrected chi connectivity index (χ0v) is 13.4. The summed E-state index contributed by atoms with van der Waals surface area (Å²) in [4.78, 5) is 11.9. The lowest BCUT2D eigenvalue weighted by Crippen LogP contribution is -2.11. The molecular weight excluding hydrogens is 360 g/mol. The number of halogens is 6. The van der Waals surface area contributed by atoms with Crippen LogP contribution in [-0.2, 0) is 12.4 Å². The molecule has 138 valence electrons. The summed E-state index contributed by atoms with van der Waals surface area (Å²) in [6.07, 6.45) is -7.84. The maximum absolute atomic E-state index is 12.8. The number of allylic oxidation sites excluding steroid dienone is 1. The van der Waals surface area contributed by atoms with Crippen LogP contribution >= 0.6 is 0 Å². The largest absolute Gasteiger partial charge is 0.416 e. The third kappa shape index (κ3) is 5.11. The Morgan fingerprint density at radius 2 is 1.38 bits per heavy atom. The minimum absolute atomic E-state index is 0.0341. The highest BCUT2D eigenvalue weighted by Crippen LogP contribution is 2.37. The van der Waals surface area contributed by atoms with Gasteiger partial charge in [-0.2, -0.15) is 26.3 Å². The van der Waals surface area contributed by atoms with Gasteiger partial charge in [-0.15, -0.1) is 0 Å². The highest BCUT2D eigenvalue weighted by molar-refractivity contribution is 6.04. The molecule has 0 atom stereocenters. The van der Waals surface area contributed by atoms with Gasteiger partial charge in [0.25, 0.3) is 0 Å². The molecule has 0 aliphatic carbocycles. The second-order valence-corrected chi connectivity index (χ2v) is 5.50. The van der Waals surface area contributed by atoms with Crippen molar-refractivity contribution in [2.45, 2.75) is 19.3 Å². The van der Waals surface area contributed by atoms with Crippen molar-refractivity contribution >= 4 is 11.5 Å². The molecule has 0 radical (unpaired) electrons. The van der Waals surface area contributed by atoms with Gasteiger partial charge < -0.3 is 5.32 Å². The van der Waals surface area contributed by atoms with Gasteiger partial charge in [0.1, 0.15) is 0 Å². The Labute approximate surface area is 145 Å². The minimum Gasteiger partial charge on any atom is -0.362 e. The Morgan fingerprint density at radius 1 is 0.885 bits per heavy atom. The van der Waals surface area contributed by atoms with Crippen LogP contribution in [0.1, 0.15) is 27.0 Å². The average Bonchev–Trinajstić information content (AvgIpc) is 2.53. The molecule has 0 saturated heterocycles. The molecule has 2 aromatic carbocycles. The zero-order valence-electron chi connectivity index (χ0n) is 13.4. The molecule has 2 rings (SSSR count). The first-order valence-electron chi connectivity index (χ1n) is 7.30. The topological polar surface area (TPSA) is 29.1 Å². The fourth-order valence-corrected chi connectivity index (χ4v) is 2.07. The molecule has 0 bridgehead atoms. The number of rotatable bonds is 4. The maximum Gasteiger partial charge on any atom is 0.416 e. The number of carbonyl (C=O) groups is 1. The molecule has 8 heteroatoms. The molecule has 2 nitrogen and oxygen atoms in total. The summed E-state index contributed by atoms with van der Waals surface area (Å²) in [5.41, 5.74) is -2.03. The van der Waals surface area contributed by atoms with Crippen molar-refractivity contribution in [2.75, 3.05) is 5.32 Å². The van der Waals surface area contributed by atoms with E-state index in [4.69, 9.17) is 0 Å². The molecule has 0 spiro atoms. The second-order valence-electron chi connectivity index (χ2n) is 5.50. The highest BCUT2D eigenvalue weighted by atomic mass is 19.4. The number of aryl methyl sites for hydroxylation is 1. The summed E-state index contributed by atoms with van der Waals surface area (Å²) in [6, 6.07) is 7.65. The number of carbonyl (C=O) groups excluding carboxylic acids is 1. The maximum atomic E-state index is 12.8. The van der Waals surface area contributed by atoms with Crippen LogP contribution in [0.3, 0.4) is 0 Å². The Bertz CT molecular complexity index is 787. The van der Waals surface area contributed by atoms with E-state index in [0.717, 1.165) is 17.8 Å². The molecule has 1 N–H and O–H groups in total. The number of anilines is 1. The number of alkyl halides is 6. The molecule has 26 heavy (non-hydrogen) atoms. The Morgan fingerprint density at radius 3 is 1.85 bits per heavy atom. The number of benzene rings is 2. The fourth-order valence-electron chi connectivity index (χ4n) is 2.07. The van der Waals surface area contributed by atoms with Gasteiger partial charge >= 0.3 is 12.4 Å². The van der Waals surface area contributed by atoms with Crippen molar-refractivity contribution in [2.24, 2.45) is 0 Å². The molecule has 0 aliphatic heterocycles. The van der Waals surface area contributed by atoms with Gasteiger partial charge in [0.2, 0.25) is 0 Å². The Hall–Kier alpha value is -2.77. The quantitative estimate of drug-likeness (QED) is 0.414. The van der Waals surface area contributed by atoms with Crippen molar-refractivity contribution in [1.82, 2.24) is 0 Å². The zero-order chi connectivity index (χ0) is 19.5. The standard InChI is InChI=1S/C18H13F6NO/c1-11-2-4-12(5-3-11)16(26)6-7-25-15-9-13(17(19,20)21)8-14(10-15)18(22,23)24/h2-10,25H,1H3. The summed E-state index contributed by atoms with van der Waals surface area (Å²) in [6.45, 7) is 1.83. The summed E-state index contributed by atoms with van der Waals surface area (Å²) in [5.74, 6) is -0.444. The van der Waals surface area contributed by atoms with E-state index in [-0.39, 0.29) is 6.07 Å². The molecule has 2 aromatic rings. The molecule has 0 aromatic heterocycles. The number of ketones is 1. The van der Waals surface area contributed by atoms with Crippen molar-refractivity contribution in [3.8, 4) is 0 Å². The van der Waals surface area contributed by atoms with E-state index in [0.29, 0.717) is 17.7 Å². The summed E-state index contributed by atoms with van der Waals surface area (Å²) in [5, 5.41) is 2.28. The number of hydrogen-bond acceptors (Lipinski definition) is 2. The molecular formula is C18H13F6NO. The van der Waals surface area contributed by atoms with E-state index < -0.39 is 35.0 Å². The lowest BCUT2D eigenvalue weighted by Gasteiger charge is -2.14. The molecule has 0 saturated carbocycles. The highest BCUT2D eigenvalue weighted by Gasteiger charge is 2.36. The predicted molar refractivity (Wildman–Crippen MR) is 84.7 cm³/mol. The third-order valence-corrected chi connectivity index (χ3v) is 3.41. The first-order chi connectivity index (χ1) is 12.0. The third-order valence-electron chi connectivity index (χ3n) is 3.41. The van der Waals surface area contributed by atoms with Crippen molar-refractivity contribution < 1.29 is 31.1 Å². The summed E-state index contributed by atoms with van der Waals surface area (Å²) in [7, 11) is 0. The smallest absolute Gasteiger partial charge is 0.362 e. The fraction of sp³-hybridized carbons (Fsp3) is 0.167. The molecule has 0 unspecified atom stereocenters. The molecule has 0 fully saturated rings.